The summed E-state index contributed by atoms with van der Waals surface area (Å²) >= 11 is 0. The van der Waals surface area contributed by atoms with E-state index in [1.54, 1.807) is 39.2 Å². The molecule has 14 heteroatoms. The molecule has 0 saturated heterocycles. The van der Waals surface area contributed by atoms with Gasteiger partial charge in [0, 0.05) is 43.0 Å². The van der Waals surface area contributed by atoms with Crippen LogP contribution in [0.5, 0.6) is 0 Å². The van der Waals surface area contributed by atoms with Crippen LogP contribution >= 0.6 is 0 Å². The van der Waals surface area contributed by atoms with Crippen LogP contribution < -0.4 is 27.0 Å². The van der Waals surface area contributed by atoms with Gasteiger partial charge in [-0.2, -0.15) is 0 Å². The first-order valence-corrected chi connectivity index (χ1v) is 14.2. The largest absolute Gasteiger partial charge is 0.377 e. The molecular weight excluding hydrogens is 558 g/mol. The molecule has 0 aliphatic heterocycles. The molecule has 0 radical (unpaired) electrons. The van der Waals surface area contributed by atoms with Crippen molar-refractivity contribution in [2.45, 2.75) is 43.4 Å². The maximum absolute atomic E-state index is 14.0. The van der Waals surface area contributed by atoms with E-state index < -0.39 is 70.3 Å². The van der Waals surface area contributed by atoms with Crippen molar-refractivity contribution in [3.8, 4) is 0 Å². The lowest BCUT2D eigenvalue weighted by Gasteiger charge is -2.52. The fourth-order valence-corrected chi connectivity index (χ4v) is 6.90. The molecule has 7 N–H and O–H groups in total. The van der Waals surface area contributed by atoms with E-state index in [-0.39, 0.29) is 37.0 Å². The number of rotatable bonds is 7. The molecule has 43 heavy (non-hydrogen) atoms. The molecule has 230 valence electrons. The van der Waals surface area contributed by atoms with Gasteiger partial charge in [0.1, 0.15) is 6.54 Å². The van der Waals surface area contributed by atoms with Crippen molar-refractivity contribution in [3.05, 3.63) is 23.3 Å². The number of hydrogen-bond acceptors (Lipinski definition) is 10. The molecule has 3 saturated carbocycles. The number of nitrogens with one attached hydrogen (secondary N) is 2. The maximum atomic E-state index is 14.0. The number of guanidine groups is 1. The molecule has 14 nitrogen and oxygen atoms in total. The predicted octanol–water partition coefficient (Wildman–Crippen LogP) is -1.77. The number of nitrogens with zero attached hydrogens (tertiary/aromatic N) is 3. The van der Waals surface area contributed by atoms with Gasteiger partial charge in [-0.3, -0.25) is 33.7 Å². The van der Waals surface area contributed by atoms with Crippen LogP contribution in [0.4, 0.5) is 11.4 Å². The number of carbonyl (C=O) groups is 6. The van der Waals surface area contributed by atoms with Crippen LogP contribution in [-0.2, 0) is 30.4 Å². The lowest BCUT2D eigenvalue weighted by molar-refractivity contribution is -0.181. The Labute approximate surface area is 248 Å². The number of hydrogen-bond donors (Lipinski definition) is 5. The molecule has 0 spiro atoms. The summed E-state index contributed by atoms with van der Waals surface area (Å²) in [5.41, 5.74) is 10.2. The predicted molar refractivity (Wildman–Crippen MR) is 155 cm³/mol. The second-order valence-corrected chi connectivity index (χ2v) is 12.4. The molecule has 0 heterocycles. The molecule has 4 aliphatic rings. The fraction of sp³-hybridized carbons (Fsp3) is 0.552. The van der Waals surface area contributed by atoms with E-state index in [4.69, 9.17) is 11.5 Å². The zero-order chi connectivity index (χ0) is 31.5. The highest BCUT2D eigenvalue weighted by Gasteiger charge is 2.69. The Morgan fingerprint density at radius 1 is 1.07 bits per heavy atom. The van der Waals surface area contributed by atoms with Crippen LogP contribution in [0.1, 0.15) is 35.2 Å². The van der Waals surface area contributed by atoms with Gasteiger partial charge in [0.05, 0.1) is 12.0 Å². The van der Waals surface area contributed by atoms with Gasteiger partial charge in [0.25, 0.3) is 0 Å². The molecule has 2 amide bonds. The summed E-state index contributed by atoms with van der Waals surface area (Å²) in [5, 5.41) is 17.5. The second-order valence-electron chi connectivity index (χ2n) is 12.4. The Balaban J connectivity index is 1.49. The molecule has 4 aliphatic carbocycles. The van der Waals surface area contributed by atoms with E-state index in [1.807, 2.05) is 0 Å². The van der Waals surface area contributed by atoms with Crippen LogP contribution in [0.25, 0.3) is 0 Å². The van der Waals surface area contributed by atoms with Crippen LogP contribution in [0.15, 0.2) is 17.1 Å². The number of amides is 2. The van der Waals surface area contributed by atoms with Gasteiger partial charge in [0.2, 0.25) is 11.8 Å². The van der Waals surface area contributed by atoms with Crippen LogP contribution in [0.2, 0.25) is 0 Å². The van der Waals surface area contributed by atoms with E-state index >= 15 is 0 Å². The second kappa shape index (κ2) is 10.8. The number of aliphatic hydroxyl groups is 1. The standard InChI is InChI=1S/C29H37N7O7/c1-35(2)18-10-14(33-19(37)11-32-28(31)34-13-5-6-13)9-16-15(18)7-12-8-17-22(36(3)4)24(39)21(27(30)42)26(41)29(17,43)25(40)20(12)23(16)38/h9-10,12-13,17,20-22,43H,5-8,11H2,1-4H3,(H2,30,42)(H,33,37)(H3,31,32,34)/t12?,17?,20?,21?,22-,29-/m0/s1. The minimum absolute atomic E-state index is 0.0174. The van der Waals surface area contributed by atoms with E-state index in [0.29, 0.717) is 16.9 Å². The van der Waals surface area contributed by atoms with Crippen LogP contribution in [0.3, 0.4) is 0 Å². The van der Waals surface area contributed by atoms with Crippen LogP contribution in [-0.4, -0.2) is 103 Å². The number of Topliss-reactive ketones (excluding diaryl/α,β-unsaturated/α-hetero) is 4. The number of fused-ring (bicyclic) bond motifs is 3. The van der Waals surface area contributed by atoms with Gasteiger partial charge < -0.3 is 32.1 Å². The molecule has 1 aromatic rings. The highest BCUT2D eigenvalue weighted by atomic mass is 16.3. The van der Waals surface area contributed by atoms with E-state index in [1.165, 1.54) is 11.0 Å². The molecule has 6 atom stereocenters. The maximum Gasteiger partial charge on any atom is 0.246 e. The zero-order valence-electron chi connectivity index (χ0n) is 24.5. The topological polar surface area (TPSA) is 218 Å². The lowest BCUT2D eigenvalue weighted by atomic mass is 9.52. The summed E-state index contributed by atoms with van der Waals surface area (Å²) < 4.78 is 0. The minimum atomic E-state index is -2.74. The normalized spacial score (nSPS) is 30.4. The fourth-order valence-electron chi connectivity index (χ4n) is 6.90. The zero-order valence-corrected chi connectivity index (χ0v) is 24.5. The minimum Gasteiger partial charge on any atom is -0.377 e. The number of primary amides is 1. The highest BCUT2D eigenvalue weighted by Crippen LogP contribution is 2.51. The number of anilines is 2. The van der Waals surface area contributed by atoms with Gasteiger partial charge in [-0.25, -0.2) is 4.99 Å². The van der Waals surface area contributed by atoms with Gasteiger partial charge in [0.15, 0.2) is 40.6 Å². The summed E-state index contributed by atoms with van der Waals surface area (Å²) in [4.78, 5) is 86.8. The summed E-state index contributed by atoms with van der Waals surface area (Å²) in [5.74, 6) is -10.4. The van der Waals surface area contributed by atoms with Gasteiger partial charge in [-0.1, -0.05) is 0 Å². The highest BCUT2D eigenvalue weighted by molar-refractivity contribution is 6.32. The quantitative estimate of drug-likeness (QED) is 0.135. The van der Waals surface area contributed by atoms with Crippen LogP contribution in [0, 0.1) is 23.7 Å². The summed E-state index contributed by atoms with van der Waals surface area (Å²) in [6, 6.07) is 2.33. The molecule has 3 fully saturated rings. The van der Waals surface area contributed by atoms with Crippen molar-refractivity contribution < 1.29 is 33.9 Å². The Bertz CT molecular complexity index is 1470. The monoisotopic (exact) mass is 595 g/mol. The Hall–Kier alpha value is -4.17. The molecule has 5 rings (SSSR count). The number of aliphatic imine (C=N–C) groups is 1. The first kappa shape index (κ1) is 30.3. The third-order valence-corrected chi connectivity index (χ3v) is 8.99. The smallest absolute Gasteiger partial charge is 0.246 e. The molecule has 0 bridgehead atoms. The average Bonchev–Trinajstić information content (AvgIpc) is 3.73. The van der Waals surface area contributed by atoms with Crippen molar-refractivity contribution in [1.82, 2.24) is 10.2 Å². The van der Waals surface area contributed by atoms with Gasteiger partial charge in [-0.15, -0.1) is 0 Å². The first-order chi connectivity index (χ1) is 20.2. The average molecular weight is 596 g/mol. The van der Waals surface area contributed by atoms with Crippen molar-refractivity contribution >= 4 is 52.3 Å². The van der Waals surface area contributed by atoms with E-state index in [2.05, 4.69) is 15.6 Å². The third-order valence-electron chi connectivity index (χ3n) is 8.99. The van der Waals surface area contributed by atoms with Crippen molar-refractivity contribution in [2.75, 3.05) is 45.0 Å². The van der Waals surface area contributed by atoms with E-state index in [9.17, 15) is 33.9 Å². The number of nitrogens with two attached hydrogens (primary N) is 2. The van der Waals surface area contributed by atoms with Crippen molar-refractivity contribution in [3.63, 3.8) is 0 Å². The molecule has 4 unspecified atom stereocenters. The summed E-state index contributed by atoms with van der Waals surface area (Å²) in [6.07, 6.45) is 2.26. The Kier molecular flexibility index (Phi) is 7.63. The van der Waals surface area contributed by atoms with Crippen molar-refractivity contribution in [2.24, 2.45) is 40.1 Å². The Morgan fingerprint density at radius 2 is 1.74 bits per heavy atom. The molecule has 1 aromatic carbocycles. The summed E-state index contributed by atoms with van der Waals surface area (Å²) in [6.45, 7) is -0.250. The SMILES string of the molecule is CN(C)c1cc(NC(=O)CN=C(N)NC2CC2)cc2c1CC1CC3[C@H](N(C)C)C(=O)C(C(N)=O)C(=O)[C@@]3(O)C(=O)C1C2=O. The third kappa shape index (κ3) is 5.07. The first-order valence-electron chi connectivity index (χ1n) is 14.2. The number of benzene rings is 1. The molecule has 0 aromatic heterocycles. The molecular formula is C29H37N7O7. The van der Waals surface area contributed by atoms with E-state index in [0.717, 1.165) is 12.8 Å². The Morgan fingerprint density at radius 3 is 2.33 bits per heavy atom. The van der Waals surface area contributed by atoms with Crippen molar-refractivity contribution in [1.29, 1.82) is 0 Å². The van der Waals surface area contributed by atoms with Gasteiger partial charge >= 0.3 is 0 Å². The number of ketones is 4. The number of carbonyl (C=O) groups excluding carboxylic acids is 6. The lowest BCUT2D eigenvalue weighted by Crippen LogP contribution is -2.74. The number of likely N-dealkylation sites (N-methyl/N-ethyl adjacent to an activating group) is 1. The summed E-state index contributed by atoms with van der Waals surface area (Å²) in [7, 11) is 6.67. The van der Waals surface area contributed by atoms with Gasteiger partial charge in [-0.05, 0) is 63.4 Å².